The summed E-state index contributed by atoms with van der Waals surface area (Å²) in [4.78, 5) is 25.7. The number of piperazine rings is 1. The maximum Gasteiger partial charge on any atom is 0.411 e. The summed E-state index contributed by atoms with van der Waals surface area (Å²) in [7, 11) is 5.37. The van der Waals surface area contributed by atoms with Gasteiger partial charge >= 0.3 is 12.0 Å². The number of benzene rings is 1. The molecule has 1 aliphatic rings. The van der Waals surface area contributed by atoms with Crippen molar-refractivity contribution in [3.8, 4) is 0 Å². The van der Waals surface area contributed by atoms with Gasteiger partial charge in [0.05, 0.1) is 32.9 Å². The summed E-state index contributed by atoms with van der Waals surface area (Å²) in [5.41, 5.74) is 0.876. The van der Waals surface area contributed by atoms with Gasteiger partial charge in [-0.3, -0.25) is 20.2 Å². The van der Waals surface area contributed by atoms with Crippen LogP contribution in [0.3, 0.4) is 0 Å². The van der Waals surface area contributed by atoms with E-state index in [1.165, 1.54) is 7.11 Å². The molecule has 8 heteroatoms. The first-order valence-corrected chi connectivity index (χ1v) is 7.82. The molecule has 1 saturated heterocycles. The molecule has 0 aromatic heterocycles. The predicted octanol–water partition coefficient (Wildman–Crippen LogP) is 0.979. The number of hydroxylamine groups is 1. The number of carbonyl (C=O) groups excluding carboxylic acids is 2. The lowest BCUT2D eigenvalue weighted by Gasteiger charge is -2.40. The molecule has 1 aromatic carbocycles. The minimum absolute atomic E-state index is 0.243. The Labute approximate surface area is 141 Å². The number of quaternary nitrogens is 1. The van der Waals surface area contributed by atoms with Gasteiger partial charge in [-0.1, -0.05) is 0 Å². The highest BCUT2D eigenvalue weighted by Crippen LogP contribution is 2.18. The van der Waals surface area contributed by atoms with Crippen LogP contribution in [0.1, 0.15) is 0 Å². The zero-order valence-electron chi connectivity index (χ0n) is 14.4. The minimum Gasteiger partial charge on any atom is -0.453 e. The summed E-state index contributed by atoms with van der Waals surface area (Å²) in [5, 5.41) is 13.3. The van der Waals surface area contributed by atoms with Gasteiger partial charge in [-0.05, 0) is 31.3 Å². The monoisotopic (exact) mass is 337 g/mol. The molecule has 0 atom stereocenters. The molecule has 2 rings (SSSR count). The Morgan fingerprint density at radius 2 is 1.88 bits per heavy atom. The van der Waals surface area contributed by atoms with E-state index in [0.717, 1.165) is 26.2 Å². The second-order valence-electron chi connectivity index (χ2n) is 6.40. The fourth-order valence-corrected chi connectivity index (χ4v) is 2.60. The second-order valence-corrected chi connectivity index (χ2v) is 6.40. The van der Waals surface area contributed by atoms with Crippen molar-refractivity contribution >= 4 is 23.4 Å². The first-order chi connectivity index (χ1) is 11.3. The Morgan fingerprint density at radius 3 is 2.42 bits per heavy atom. The van der Waals surface area contributed by atoms with E-state index in [1.54, 1.807) is 24.3 Å². The van der Waals surface area contributed by atoms with Crippen LogP contribution < -0.4 is 10.4 Å². The highest BCUT2D eigenvalue weighted by molar-refractivity contribution is 5.92. The van der Waals surface area contributed by atoms with Crippen molar-refractivity contribution in [3.63, 3.8) is 0 Å². The SMILES string of the molecule is COC(=O)Nc1ccc(N(O)C(=O)C[N+]2(C)CCN(C)CC2)cc1. The van der Waals surface area contributed by atoms with E-state index >= 15 is 0 Å². The summed E-state index contributed by atoms with van der Waals surface area (Å²) in [6, 6.07) is 6.31. The van der Waals surface area contributed by atoms with Crippen molar-refractivity contribution < 1.29 is 24.0 Å². The van der Waals surface area contributed by atoms with Crippen LogP contribution in [0.2, 0.25) is 0 Å². The molecule has 0 spiro atoms. The lowest BCUT2D eigenvalue weighted by atomic mass is 10.2. The Morgan fingerprint density at radius 1 is 1.29 bits per heavy atom. The molecule has 24 heavy (non-hydrogen) atoms. The number of amides is 2. The second kappa shape index (κ2) is 7.61. The lowest BCUT2D eigenvalue weighted by molar-refractivity contribution is -0.906. The van der Waals surface area contributed by atoms with Gasteiger partial charge in [-0.2, -0.15) is 5.06 Å². The third kappa shape index (κ3) is 4.67. The molecule has 0 saturated carbocycles. The van der Waals surface area contributed by atoms with Gasteiger partial charge < -0.3 is 9.22 Å². The van der Waals surface area contributed by atoms with Crippen molar-refractivity contribution in [2.75, 3.05) is 64.3 Å². The zero-order valence-corrected chi connectivity index (χ0v) is 14.4. The molecule has 8 nitrogen and oxygen atoms in total. The smallest absolute Gasteiger partial charge is 0.411 e. The van der Waals surface area contributed by atoms with Gasteiger partial charge in [0.1, 0.15) is 0 Å². The quantitative estimate of drug-likeness (QED) is 0.486. The van der Waals surface area contributed by atoms with E-state index in [-0.39, 0.29) is 12.5 Å². The van der Waals surface area contributed by atoms with E-state index in [4.69, 9.17) is 0 Å². The largest absolute Gasteiger partial charge is 0.453 e. The fourth-order valence-electron chi connectivity index (χ4n) is 2.60. The van der Waals surface area contributed by atoms with E-state index in [0.29, 0.717) is 20.9 Å². The van der Waals surface area contributed by atoms with Crippen LogP contribution in [-0.4, -0.2) is 80.5 Å². The molecule has 2 N–H and O–H groups in total. The standard InChI is InChI=1S/C16H24N4O4/c1-18-8-10-20(2,11-9-18)12-15(21)19(23)14-6-4-13(5-7-14)17-16(22)24-3/h4-7,23H,8-12H2,1-3H3/p+1. The molecule has 0 unspecified atom stereocenters. The van der Waals surface area contributed by atoms with Crippen molar-refractivity contribution in [1.82, 2.24) is 4.90 Å². The van der Waals surface area contributed by atoms with Gasteiger partial charge in [-0.15, -0.1) is 0 Å². The van der Waals surface area contributed by atoms with Crippen LogP contribution in [-0.2, 0) is 9.53 Å². The Bertz CT molecular complexity index is 582. The molecular formula is C16H25N4O4+. The van der Waals surface area contributed by atoms with E-state index in [9.17, 15) is 14.8 Å². The summed E-state index contributed by atoms with van der Waals surface area (Å²) in [6.45, 7) is 3.86. The summed E-state index contributed by atoms with van der Waals surface area (Å²) >= 11 is 0. The van der Waals surface area contributed by atoms with Crippen LogP contribution in [0.5, 0.6) is 0 Å². The molecule has 0 aliphatic carbocycles. The molecule has 1 aliphatic heterocycles. The molecule has 1 heterocycles. The topological polar surface area (TPSA) is 82.1 Å². The lowest BCUT2D eigenvalue weighted by Crippen LogP contribution is -2.59. The van der Waals surface area contributed by atoms with Crippen molar-refractivity contribution in [2.24, 2.45) is 0 Å². The fraction of sp³-hybridized carbons (Fsp3) is 0.500. The zero-order chi connectivity index (χ0) is 17.7. The average Bonchev–Trinajstić information content (AvgIpc) is 2.57. The number of hydrogen-bond donors (Lipinski definition) is 2. The predicted molar refractivity (Wildman–Crippen MR) is 90.0 cm³/mol. The highest BCUT2D eigenvalue weighted by Gasteiger charge is 2.31. The van der Waals surface area contributed by atoms with Crippen molar-refractivity contribution in [2.45, 2.75) is 0 Å². The molecular weight excluding hydrogens is 312 g/mol. The van der Waals surface area contributed by atoms with Gasteiger partial charge in [0, 0.05) is 18.8 Å². The van der Waals surface area contributed by atoms with Crippen molar-refractivity contribution in [1.29, 1.82) is 0 Å². The van der Waals surface area contributed by atoms with Crippen LogP contribution in [0.15, 0.2) is 24.3 Å². The van der Waals surface area contributed by atoms with Gasteiger partial charge in [0.15, 0.2) is 6.54 Å². The van der Waals surface area contributed by atoms with Gasteiger partial charge in [0.2, 0.25) is 0 Å². The van der Waals surface area contributed by atoms with Crippen LogP contribution in [0.4, 0.5) is 16.2 Å². The molecule has 1 fully saturated rings. The van der Waals surface area contributed by atoms with Crippen molar-refractivity contribution in [3.05, 3.63) is 24.3 Å². The number of ether oxygens (including phenoxy) is 1. The number of anilines is 2. The summed E-state index contributed by atoms with van der Waals surface area (Å²) in [6.07, 6.45) is -0.577. The Kier molecular flexibility index (Phi) is 5.76. The highest BCUT2D eigenvalue weighted by atomic mass is 16.5. The first-order valence-electron chi connectivity index (χ1n) is 7.82. The number of carbonyl (C=O) groups is 2. The average molecular weight is 337 g/mol. The van der Waals surface area contributed by atoms with Crippen LogP contribution in [0, 0.1) is 0 Å². The molecule has 0 radical (unpaired) electrons. The first kappa shape index (κ1) is 18.2. The minimum atomic E-state index is -0.577. The maximum atomic E-state index is 12.4. The van der Waals surface area contributed by atoms with E-state index in [1.807, 2.05) is 7.05 Å². The number of likely N-dealkylation sites (N-methyl/N-ethyl adjacent to an activating group) is 2. The number of hydrogen-bond acceptors (Lipinski definition) is 5. The van der Waals surface area contributed by atoms with E-state index in [2.05, 4.69) is 22.0 Å². The van der Waals surface area contributed by atoms with Gasteiger partial charge in [-0.25, -0.2) is 4.79 Å². The van der Waals surface area contributed by atoms with Gasteiger partial charge in [0.25, 0.3) is 0 Å². The Hall–Kier alpha value is -2.16. The third-order valence-electron chi connectivity index (χ3n) is 4.34. The summed E-state index contributed by atoms with van der Waals surface area (Å²) in [5.74, 6) is -0.351. The number of methoxy groups -OCH3 is 1. The molecule has 1 aromatic rings. The molecule has 132 valence electrons. The third-order valence-corrected chi connectivity index (χ3v) is 4.34. The number of nitrogens with zero attached hydrogens (tertiary/aromatic N) is 3. The van der Waals surface area contributed by atoms with Crippen LogP contribution >= 0.6 is 0 Å². The van der Waals surface area contributed by atoms with Crippen LogP contribution in [0.25, 0.3) is 0 Å². The van der Waals surface area contributed by atoms with E-state index < -0.39 is 6.09 Å². The number of nitrogens with one attached hydrogen (secondary N) is 1. The normalized spacial score (nSPS) is 17.2. The maximum absolute atomic E-state index is 12.4. The number of rotatable bonds is 4. The molecule has 0 bridgehead atoms. The Balaban J connectivity index is 1.96. The molecule has 2 amide bonds. The summed E-state index contributed by atoms with van der Waals surface area (Å²) < 4.78 is 5.12.